The second kappa shape index (κ2) is 30.5. The van der Waals surface area contributed by atoms with Crippen molar-refractivity contribution in [1.82, 2.24) is 29.9 Å². The molecule has 0 aliphatic heterocycles. The first-order valence-corrected chi connectivity index (χ1v) is 43.7. The molecular weight excluding hydrogens is 1550 g/mol. The first kappa shape index (κ1) is 73.6. The zero-order valence-corrected chi connectivity index (χ0v) is 69.4. The van der Waals surface area contributed by atoms with E-state index in [-0.39, 0.29) is 0 Å². The highest BCUT2D eigenvalue weighted by Crippen LogP contribution is 2.48. The number of hydrogen-bond acceptors (Lipinski definition) is 6. The second-order valence-corrected chi connectivity index (χ2v) is 33.3. The molecule has 22 aromatic carbocycles. The van der Waals surface area contributed by atoms with E-state index in [1.54, 1.807) is 0 Å². The molecule has 0 saturated carbocycles. The Balaban J connectivity index is 0.000000140. The average Bonchev–Trinajstić information content (AvgIpc) is 0.718. The zero-order chi connectivity index (χ0) is 84.3. The number of rotatable bonds is 10. The average molecular weight is 1620 g/mol. The SMILES string of the molecule is c1cc(-c2cccc(-c3nc4ccccc4c4c5ccccc5c5ccccc5c34)c2)cc(-c2cc(-c3cc4ccccc4c4ccccc34)nc(-c3cc4ccccc4c4ccccc34)n2)c1.c1cc(-c2cccc(-c3nc4ccccc4c4c5ccccc5c5ccccc5c34)c2)cc(-c2cc(-c3cccc4ccccc34)nc(-c3cccc4ccccc34)n2)c1. The summed E-state index contributed by atoms with van der Waals surface area (Å²) in [7, 11) is 0. The number of fused-ring (bicyclic) bond motifs is 24. The molecule has 0 fully saturated rings. The van der Waals surface area contributed by atoms with Crippen LogP contribution in [0.2, 0.25) is 0 Å². The van der Waals surface area contributed by atoms with Gasteiger partial charge < -0.3 is 0 Å². The molecule has 4 heterocycles. The van der Waals surface area contributed by atoms with Gasteiger partial charge in [0.2, 0.25) is 0 Å². The normalized spacial score (nSPS) is 11.8. The quantitative estimate of drug-likeness (QED) is 0.127. The number of aromatic nitrogens is 6. The van der Waals surface area contributed by atoms with Crippen molar-refractivity contribution in [3.63, 3.8) is 0 Å². The van der Waals surface area contributed by atoms with Crippen molar-refractivity contribution in [2.75, 3.05) is 0 Å². The lowest BCUT2D eigenvalue weighted by Crippen LogP contribution is -1.98. The van der Waals surface area contributed by atoms with E-state index < -0.39 is 0 Å². The number of pyridine rings is 2. The fraction of sp³-hybridized carbons (Fsp3) is 0. The molecule has 4 aromatic heterocycles. The van der Waals surface area contributed by atoms with Crippen molar-refractivity contribution in [2.24, 2.45) is 0 Å². The molecule has 0 amide bonds. The van der Waals surface area contributed by atoms with Crippen molar-refractivity contribution in [3.8, 4) is 113 Å². The smallest absolute Gasteiger partial charge is 0.161 e. The van der Waals surface area contributed by atoms with Crippen LogP contribution in [0.5, 0.6) is 0 Å². The summed E-state index contributed by atoms with van der Waals surface area (Å²) in [5.41, 5.74) is 20.2. The zero-order valence-electron chi connectivity index (χ0n) is 69.4. The van der Waals surface area contributed by atoms with Crippen LogP contribution in [0.15, 0.2) is 449 Å². The number of para-hydroxylation sites is 2. The van der Waals surface area contributed by atoms with E-state index in [9.17, 15) is 0 Å². The summed E-state index contributed by atoms with van der Waals surface area (Å²) in [4.78, 5) is 32.5. The lowest BCUT2D eigenvalue weighted by atomic mass is 9.89. The molecule has 128 heavy (non-hydrogen) atoms. The molecule has 26 rings (SSSR count). The number of nitrogens with zero attached hydrogens (tertiary/aromatic N) is 6. The van der Waals surface area contributed by atoms with Gasteiger partial charge in [-0.2, -0.15) is 0 Å². The van der Waals surface area contributed by atoms with E-state index in [4.69, 9.17) is 29.9 Å². The Morgan fingerprint density at radius 2 is 0.391 bits per heavy atom. The maximum absolute atomic E-state index is 5.51. The van der Waals surface area contributed by atoms with E-state index in [1.165, 1.54) is 97.0 Å². The standard InChI is InChI=1S/C65H39N3.C57H35N3/c1-3-23-46-42(17-1)37-57(52-29-7-5-25-48(46)52)61-39-60(67-65(68-61)58-38-43-18-2-4-24-47(43)49-26-6-8-30-53(49)58)44-21-15-19-40(35-44)41-20-16-22-45(36-41)64-63-55-32-12-10-28-51(55)50-27-9-11-31-54(50)62(63)56-33-13-14-34-59(56)66-64;1-3-23-42-36(15-1)17-13-30-46(42)53-35-52(59-57(60-53)49-31-14-18-37-16-2-4-24-43(37)49)40-21-11-19-38(33-40)39-20-12-22-41(34-39)56-55-48-28-8-6-26-45(48)44-25-5-7-27-47(44)54(55)50-29-9-10-32-51(50)58-56/h1-39H;1-35H. The molecule has 0 radical (unpaired) electrons. The summed E-state index contributed by atoms with van der Waals surface area (Å²) in [6.07, 6.45) is 0. The van der Waals surface area contributed by atoms with E-state index in [0.717, 1.165) is 155 Å². The van der Waals surface area contributed by atoms with Crippen LogP contribution in [0.4, 0.5) is 0 Å². The van der Waals surface area contributed by atoms with Gasteiger partial charge in [0.15, 0.2) is 11.6 Å². The van der Waals surface area contributed by atoms with Crippen LogP contribution in [-0.4, -0.2) is 29.9 Å². The number of hydrogen-bond donors (Lipinski definition) is 0. The minimum Gasteiger partial charge on any atom is -0.247 e. The summed E-state index contributed by atoms with van der Waals surface area (Å²) in [5.74, 6) is 1.40. The van der Waals surface area contributed by atoms with Gasteiger partial charge in [-0.15, -0.1) is 0 Å². The molecule has 26 aromatic rings. The van der Waals surface area contributed by atoms with Crippen molar-refractivity contribution >= 4 is 151 Å². The Bertz CT molecular complexity index is 8880. The van der Waals surface area contributed by atoms with Gasteiger partial charge >= 0.3 is 0 Å². The fourth-order valence-electron chi connectivity index (χ4n) is 20.2. The predicted octanol–water partition coefficient (Wildman–Crippen LogP) is 32.6. The summed E-state index contributed by atoms with van der Waals surface area (Å²) >= 11 is 0. The van der Waals surface area contributed by atoms with Gasteiger partial charge in [-0.05, 0) is 191 Å². The third kappa shape index (κ3) is 12.5. The maximum atomic E-state index is 5.51. The summed E-state index contributed by atoms with van der Waals surface area (Å²) < 4.78 is 0. The highest BCUT2D eigenvalue weighted by molar-refractivity contribution is 6.35. The molecule has 0 aliphatic rings. The van der Waals surface area contributed by atoms with Crippen molar-refractivity contribution in [1.29, 1.82) is 0 Å². The Morgan fingerprint density at radius 3 is 0.828 bits per heavy atom. The van der Waals surface area contributed by atoms with E-state index >= 15 is 0 Å². The highest BCUT2D eigenvalue weighted by Gasteiger charge is 2.24. The molecule has 0 saturated heterocycles. The van der Waals surface area contributed by atoms with Gasteiger partial charge in [0.05, 0.1) is 45.2 Å². The minimum absolute atomic E-state index is 0.693. The number of benzene rings is 22. The summed E-state index contributed by atoms with van der Waals surface area (Å²) in [6.45, 7) is 0. The van der Waals surface area contributed by atoms with Crippen LogP contribution in [0.3, 0.4) is 0 Å². The van der Waals surface area contributed by atoms with E-state index in [0.29, 0.717) is 11.6 Å². The van der Waals surface area contributed by atoms with Crippen molar-refractivity contribution < 1.29 is 0 Å². The van der Waals surface area contributed by atoms with E-state index in [2.05, 4.69) is 449 Å². The van der Waals surface area contributed by atoms with Crippen molar-refractivity contribution in [3.05, 3.63) is 449 Å². The summed E-state index contributed by atoms with van der Waals surface area (Å²) in [6, 6.07) is 161. The topological polar surface area (TPSA) is 77.3 Å². The highest BCUT2D eigenvalue weighted by atomic mass is 14.9. The monoisotopic (exact) mass is 1620 g/mol. The molecule has 0 atom stereocenters. The van der Waals surface area contributed by atoms with Gasteiger partial charge in [-0.25, -0.2) is 29.9 Å². The Morgan fingerprint density at radius 1 is 0.125 bits per heavy atom. The molecule has 0 N–H and O–H groups in total. The molecule has 0 aliphatic carbocycles. The predicted molar refractivity (Wildman–Crippen MR) is 539 cm³/mol. The van der Waals surface area contributed by atoms with Gasteiger partial charge in [0.1, 0.15) is 0 Å². The van der Waals surface area contributed by atoms with Crippen LogP contribution >= 0.6 is 0 Å². The first-order chi connectivity index (χ1) is 63.5. The van der Waals surface area contributed by atoms with Gasteiger partial charge in [-0.3, -0.25) is 0 Å². The second-order valence-electron chi connectivity index (χ2n) is 33.3. The molecule has 592 valence electrons. The first-order valence-electron chi connectivity index (χ1n) is 43.7. The minimum atomic E-state index is 0.693. The van der Waals surface area contributed by atoms with Crippen LogP contribution < -0.4 is 0 Å². The van der Waals surface area contributed by atoms with Crippen molar-refractivity contribution in [2.45, 2.75) is 0 Å². The van der Waals surface area contributed by atoms with Crippen LogP contribution in [0, 0.1) is 0 Å². The Labute approximate surface area is 737 Å². The largest absolute Gasteiger partial charge is 0.247 e. The van der Waals surface area contributed by atoms with Crippen LogP contribution in [0.25, 0.3) is 264 Å². The fourth-order valence-corrected chi connectivity index (χ4v) is 20.2. The lowest BCUT2D eigenvalue weighted by Gasteiger charge is -2.17. The molecule has 0 spiro atoms. The molecular formula is C122H74N6. The molecule has 0 bridgehead atoms. The Hall–Kier alpha value is -17.1. The van der Waals surface area contributed by atoms with Gasteiger partial charge in [0, 0.05) is 76.8 Å². The van der Waals surface area contributed by atoms with Gasteiger partial charge in [-0.1, -0.05) is 388 Å². The third-order valence-corrected chi connectivity index (χ3v) is 26.0. The van der Waals surface area contributed by atoms with Gasteiger partial charge in [0.25, 0.3) is 0 Å². The molecule has 6 nitrogen and oxygen atoms in total. The lowest BCUT2D eigenvalue weighted by molar-refractivity contribution is 1.19. The summed E-state index contributed by atoms with van der Waals surface area (Å²) in [5, 5.41) is 31.1. The van der Waals surface area contributed by atoms with E-state index in [1.807, 2.05) is 0 Å². The Kier molecular flexibility index (Phi) is 17.5. The molecule has 0 unspecified atom stereocenters. The third-order valence-electron chi connectivity index (χ3n) is 26.0. The maximum Gasteiger partial charge on any atom is 0.161 e. The molecule has 6 heteroatoms. The van der Waals surface area contributed by atoms with Crippen LogP contribution in [-0.2, 0) is 0 Å². The van der Waals surface area contributed by atoms with Crippen LogP contribution in [0.1, 0.15) is 0 Å².